The highest BCUT2D eigenvalue weighted by molar-refractivity contribution is 9.10. The lowest BCUT2D eigenvalue weighted by atomic mass is 9.97. The molecule has 1 aromatic rings. The molecule has 3 nitrogen and oxygen atoms in total. The first-order valence-electron chi connectivity index (χ1n) is 6.69. The van der Waals surface area contributed by atoms with Gasteiger partial charge in [0.15, 0.2) is 5.78 Å². The van der Waals surface area contributed by atoms with Crippen LogP contribution in [0, 0.1) is 5.92 Å². The average molecular weight is 326 g/mol. The SMILES string of the molecule is COCC1CCN(CC(=O)c2cccc(Br)c2)CC1. The summed E-state index contributed by atoms with van der Waals surface area (Å²) in [5.41, 5.74) is 0.786. The van der Waals surface area contributed by atoms with Gasteiger partial charge in [-0.3, -0.25) is 9.69 Å². The molecular formula is C15H20BrNO2. The number of halogens is 1. The maximum atomic E-state index is 12.2. The third-order valence-electron chi connectivity index (χ3n) is 3.62. The molecule has 0 radical (unpaired) electrons. The van der Waals surface area contributed by atoms with E-state index in [0.29, 0.717) is 12.5 Å². The summed E-state index contributed by atoms with van der Waals surface area (Å²) in [6, 6.07) is 7.61. The molecule has 0 amide bonds. The van der Waals surface area contributed by atoms with Gasteiger partial charge in [-0.1, -0.05) is 28.1 Å². The molecule has 0 aromatic heterocycles. The van der Waals surface area contributed by atoms with E-state index in [1.807, 2.05) is 24.3 Å². The summed E-state index contributed by atoms with van der Waals surface area (Å²) in [4.78, 5) is 14.4. The standard InChI is InChI=1S/C15H20BrNO2/c1-19-11-12-5-7-17(8-6-12)10-15(18)13-3-2-4-14(16)9-13/h2-4,9,12H,5-8,10-11H2,1H3. The number of benzene rings is 1. The van der Waals surface area contributed by atoms with Crippen LogP contribution >= 0.6 is 15.9 Å². The van der Waals surface area contributed by atoms with Crippen LogP contribution in [-0.2, 0) is 4.74 Å². The molecule has 0 unspecified atom stereocenters. The monoisotopic (exact) mass is 325 g/mol. The van der Waals surface area contributed by atoms with Gasteiger partial charge in [-0.05, 0) is 44.0 Å². The number of hydrogen-bond donors (Lipinski definition) is 0. The van der Waals surface area contributed by atoms with Gasteiger partial charge in [-0.2, -0.15) is 0 Å². The van der Waals surface area contributed by atoms with Gasteiger partial charge in [0.2, 0.25) is 0 Å². The Labute approximate surface area is 123 Å². The van der Waals surface area contributed by atoms with E-state index in [1.54, 1.807) is 7.11 Å². The maximum absolute atomic E-state index is 12.2. The molecule has 1 aliphatic rings. The van der Waals surface area contributed by atoms with Crippen molar-refractivity contribution in [2.75, 3.05) is 33.4 Å². The van der Waals surface area contributed by atoms with E-state index in [0.717, 1.165) is 42.6 Å². The lowest BCUT2D eigenvalue weighted by molar-refractivity contribution is 0.0810. The summed E-state index contributed by atoms with van der Waals surface area (Å²) >= 11 is 3.40. The lowest BCUT2D eigenvalue weighted by Crippen LogP contribution is -2.38. The third kappa shape index (κ3) is 4.41. The number of methoxy groups -OCH3 is 1. The number of piperidine rings is 1. The molecule has 2 rings (SSSR count). The second-order valence-electron chi connectivity index (χ2n) is 5.11. The summed E-state index contributed by atoms with van der Waals surface area (Å²) in [7, 11) is 1.75. The number of hydrogen-bond acceptors (Lipinski definition) is 3. The second-order valence-corrected chi connectivity index (χ2v) is 6.02. The van der Waals surface area contributed by atoms with E-state index in [4.69, 9.17) is 4.74 Å². The maximum Gasteiger partial charge on any atom is 0.176 e. The topological polar surface area (TPSA) is 29.5 Å². The number of ketones is 1. The normalized spacial score (nSPS) is 17.6. The molecule has 0 saturated carbocycles. The fourth-order valence-electron chi connectivity index (χ4n) is 2.50. The van der Waals surface area contributed by atoms with Crippen molar-refractivity contribution in [2.24, 2.45) is 5.92 Å². The van der Waals surface area contributed by atoms with Crippen molar-refractivity contribution in [2.45, 2.75) is 12.8 Å². The van der Waals surface area contributed by atoms with Crippen LogP contribution in [0.15, 0.2) is 28.7 Å². The van der Waals surface area contributed by atoms with Gasteiger partial charge in [-0.25, -0.2) is 0 Å². The van der Waals surface area contributed by atoms with Gasteiger partial charge in [0.1, 0.15) is 0 Å². The van der Waals surface area contributed by atoms with Crippen LogP contribution in [0.2, 0.25) is 0 Å². The number of Topliss-reactive ketones (excluding diaryl/α,β-unsaturated/α-hetero) is 1. The number of likely N-dealkylation sites (tertiary alicyclic amines) is 1. The Balaban J connectivity index is 1.84. The zero-order chi connectivity index (χ0) is 13.7. The van der Waals surface area contributed by atoms with E-state index in [1.165, 1.54) is 0 Å². The van der Waals surface area contributed by atoms with E-state index < -0.39 is 0 Å². The minimum absolute atomic E-state index is 0.200. The molecule has 104 valence electrons. The minimum Gasteiger partial charge on any atom is -0.384 e. The predicted octanol–water partition coefficient (Wildman–Crippen LogP) is 2.99. The average Bonchev–Trinajstić information content (AvgIpc) is 2.41. The van der Waals surface area contributed by atoms with Gasteiger partial charge in [0, 0.05) is 23.8 Å². The number of rotatable bonds is 5. The molecule has 4 heteroatoms. The van der Waals surface area contributed by atoms with Crippen LogP contribution in [0.5, 0.6) is 0 Å². The Hall–Kier alpha value is -0.710. The van der Waals surface area contributed by atoms with E-state index in [9.17, 15) is 4.79 Å². The number of carbonyl (C=O) groups excluding carboxylic acids is 1. The van der Waals surface area contributed by atoms with Crippen LogP contribution < -0.4 is 0 Å². The highest BCUT2D eigenvalue weighted by Crippen LogP contribution is 2.18. The molecule has 0 spiro atoms. The molecule has 0 N–H and O–H groups in total. The van der Waals surface area contributed by atoms with Crippen molar-refractivity contribution in [3.63, 3.8) is 0 Å². The third-order valence-corrected chi connectivity index (χ3v) is 4.12. The van der Waals surface area contributed by atoms with Crippen LogP contribution in [0.1, 0.15) is 23.2 Å². The van der Waals surface area contributed by atoms with Crippen molar-refractivity contribution in [3.05, 3.63) is 34.3 Å². The molecule has 0 bridgehead atoms. The smallest absolute Gasteiger partial charge is 0.176 e. The summed E-state index contributed by atoms with van der Waals surface area (Å²) < 4.78 is 6.15. The number of ether oxygens (including phenoxy) is 1. The van der Waals surface area contributed by atoms with Gasteiger partial charge >= 0.3 is 0 Å². The van der Waals surface area contributed by atoms with Crippen molar-refractivity contribution in [1.82, 2.24) is 4.90 Å². The first-order valence-corrected chi connectivity index (χ1v) is 7.48. The minimum atomic E-state index is 0.200. The Morgan fingerprint density at radius 1 is 1.42 bits per heavy atom. The summed E-state index contributed by atoms with van der Waals surface area (Å²) in [6.07, 6.45) is 2.25. The van der Waals surface area contributed by atoms with Crippen molar-refractivity contribution < 1.29 is 9.53 Å². The highest BCUT2D eigenvalue weighted by atomic mass is 79.9. The van der Waals surface area contributed by atoms with E-state index in [2.05, 4.69) is 20.8 Å². The molecule has 1 saturated heterocycles. The Kier molecular flexibility index (Phi) is 5.55. The molecule has 0 atom stereocenters. The van der Waals surface area contributed by atoms with Crippen molar-refractivity contribution >= 4 is 21.7 Å². The largest absolute Gasteiger partial charge is 0.384 e. The fraction of sp³-hybridized carbons (Fsp3) is 0.533. The number of nitrogens with zero attached hydrogens (tertiary/aromatic N) is 1. The molecule has 1 fully saturated rings. The van der Waals surface area contributed by atoms with Gasteiger partial charge in [0.25, 0.3) is 0 Å². The van der Waals surface area contributed by atoms with Gasteiger partial charge in [-0.15, -0.1) is 0 Å². The van der Waals surface area contributed by atoms with Gasteiger partial charge < -0.3 is 4.74 Å². The highest BCUT2D eigenvalue weighted by Gasteiger charge is 2.21. The molecule has 1 aromatic carbocycles. The Morgan fingerprint density at radius 3 is 2.79 bits per heavy atom. The van der Waals surface area contributed by atoms with Crippen molar-refractivity contribution in [1.29, 1.82) is 0 Å². The molecule has 1 heterocycles. The number of carbonyl (C=O) groups is 1. The fourth-order valence-corrected chi connectivity index (χ4v) is 2.90. The quantitative estimate of drug-likeness (QED) is 0.779. The predicted molar refractivity (Wildman–Crippen MR) is 79.5 cm³/mol. The summed E-state index contributed by atoms with van der Waals surface area (Å²) in [5, 5.41) is 0. The first-order chi connectivity index (χ1) is 9.19. The summed E-state index contributed by atoms with van der Waals surface area (Å²) in [5.74, 6) is 0.855. The zero-order valence-electron chi connectivity index (χ0n) is 11.3. The van der Waals surface area contributed by atoms with E-state index >= 15 is 0 Å². The van der Waals surface area contributed by atoms with Crippen molar-refractivity contribution in [3.8, 4) is 0 Å². The van der Waals surface area contributed by atoms with Gasteiger partial charge in [0.05, 0.1) is 6.54 Å². The Bertz CT molecular complexity index is 428. The first kappa shape index (κ1) is 14.7. The molecule has 0 aliphatic carbocycles. The second kappa shape index (κ2) is 7.17. The molecule has 19 heavy (non-hydrogen) atoms. The summed E-state index contributed by atoms with van der Waals surface area (Å²) in [6.45, 7) is 3.35. The van der Waals surface area contributed by atoms with Crippen LogP contribution in [-0.4, -0.2) is 44.0 Å². The zero-order valence-corrected chi connectivity index (χ0v) is 12.9. The molecule has 1 aliphatic heterocycles. The van der Waals surface area contributed by atoms with Crippen LogP contribution in [0.3, 0.4) is 0 Å². The Morgan fingerprint density at radius 2 is 2.16 bits per heavy atom. The van der Waals surface area contributed by atoms with Crippen LogP contribution in [0.4, 0.5) is 0 Å². The lowest BCUT2D eigenvalue weighted by Gasteiger charge is -2.31. The van der Waals surface area contributed by atoms with E-state index in [-0.39, 0.29) is 5.78 Å². The van der Waals surface area contributed by atoms with Crippen LogP contribution in [0.25, 0.3) is 0 Å². The molecular weight excluding hydrogens is 306 g/mol.